The zero-order valence-corrected chi connectivity index (χ0v) is 16.6. The molecule has 0 saturated carbocycles. The molecule has 0 bridgehead atoms. The van der Waals surface area contributed by atoms with Crippen LogP contribution in [0.4, 0.5) is 14.5 Å². The molecule has 0 spiro atoms. The third kappa shape index (κ3) is 3.81. The van der Waals surface area contributed by atoms with Gasteiger partial charge in [-0.1, -0.05) is 6.07 Å². The molecular weight excluding hydrogens is 410 g/mol. The molecule has 1 N–H and O–H groups in total. The van der Waals surface area contributed by atoms with Crippen molar-refractivity contribution in [3.8, 4) is 5.75 Å². The van der Waals surface area contributed by atoms with Gasteiger partial charge in [0.2, 0.25) is 9.84 Å². The van der Waals surface area contributed by atoms with Crippen molar-refractivity contribution >= 4 is 27.9 Å². The van der Waals surface area contributed by atoms with Crippen LogP contribution in [0.25, 0.3) is 0 Å². The lowest BCUT2D eigenvalue weighted by atomic mass is 10.0. The van der Waals surface area contributed by atoms with Crippen LogP contribution in [-0.4, -0.2) is 46.9 Å². The Morgan fingerprint density at radius 1 is 1.14 bits per heavy atom. The fourth-order valence-corrected chi connectivity index (χ4v) is 4.97. The average Bonchev–Trinajstić information content (AvgIpc) is 2.67. The van der Waals surface area contributed by atoms with Crippen molar-refractivity contribution in [2.24, 2.45) is 0 Å². The van der Waals surface area contributed by atoms with Gasteiger partial charge < -0.3 is 15.0 Å². The highest BCUT2D eigenvalue weighted by atomic mass is 35.5. The molecule has 2 aliphatic heterocycles. The van der Waals surface area contributed by atoms with Gasteiger partial charge in [-0.05, 0) is 43.3 Å². The Morgan fingerprint density at radius 2 is 1.93 bits per heavy atom. The molecule has 1 fully saturated rings. The second kappa shape index (κ2) is 8.23. The van der Waals surface area contributed by atoms with Gasteiger partial charge in [0.25, 0.3) is 0 Å². The Balaban J connectivity index is 0.00000225. The van der Waals surface area contributed by atoms with E-state index in [2.05, 4.69) is 5.32 Å². The van der Waals surface area contributed by atoms with Crippen LogP contribution in [0.2, 0.25) is 0 Å². The van der Waals surface area contributed by atoms with E-state index in [0.717, 1.165) is 12.6 Å². The monoisotopic (exact) mass is 430 g/mol. The zero-order chi connectivity index (χ0) is 19.0. The van der Waals surface area contributed by atoms with Crippen molar-refractivity contribution in [1.29, 1.82) is 0 Å². The molecule has 5 nitrogen and oxygen atoms in total. The van der Waals surface area contributed by atoms with E-state index in [1.54, 1.807) is 6.07 Å². The number of alkyl halides is 1. The maximum absolute atomic E-state index is 14.4. The Bertz CT molecular complexity index is 958. The van der Waals surface area contributed by atoms with Crippen LogP contribution in [0.1, 0.15) is 6.42 Å². The van der Waals surface area contributed by atoms with Gasteiger partial charge in [-0.3, -0.25) is 0 Å². The van der Waals surface area contributed by atoms with Crippen LogP contribution in [0.15, 0.2) is 52.3 Å². The zero-order valence-electron chi connectivity index (χ0n) is 15.0. The summed E-state index contributed by atoms with van der Waals surface area (Å²) in [6, 6.07) is 9.19. The van der Waals surface area contributed by atoms with Gasteiger partial charge in [-0.2, -0.15) is 0 Å². The summed E-state index contributed by atoms with van der Waals surface area (Å²) in [4.78, 5) is 1.87. The summed E-state index contributed by atoms with van der Waals surface area (Å²) in [6.45, 7) is 1.95. The number of piperidine rings is 1. The van der Waals surface area contributed by atoms with Gasteiger partial charge in [0.15, 0.2) is 0 Å². The van der Waals surface area contributed by atoms with Crippen molar-refractivity contribution < 1.29 is 21.9 Å². The average molecular weight is 431 g/mol. The molecule has 2 heterocycles. The van der Waals surface area contributed by atoms with E-state index < -0.39 is 21.8 Å². The topological polar surface area (TPSA) is 58.6 Å². The molecule has 0 amide bonds. The quantitative estimate of drug-likeness (QED) is 0.811. The number of ether oxygens (including phenoxy) is 1. The standard InChI is InChI=1S/C19H20F2N2O3S.ClH/c20-13-2-1-3-14(10-13)27(24,25)15-4-5-18-19(11-15)26-9-8-23(18)17-6-7-22-12-16(17)21;/h1-5,10-11,16-17,22H,6-9,12H2;1H. The predicted octanol–water partition coefficient (Wildman–Crippen LogP) is 2.98. The van der Waals surface area contributed by atoms with Crippen molar-refractivity contribution in [3.05, 3.63) is 48.3 Å². The molecule has 4 rings (SSSR count). The number of sulfone groups is 1. The van der Waals surface area contributed by atoms with Crippen LogP contribution >= 0.6 is 12.4 Å². The summed E-state index contributed by atoms with van der Waals surface area (Å²) < 4.78 is 59.1. The minimum Gasteiger partial charge on any atom is -0.490 e. The first-order valence-electron chi connectivity index (χ1n) is 8.86. The SMILES string of the molecule is Cl.O=S(=O)(c1cccc(F)c1)c1ccc2c(c1)OCCN2C1CCNCC1F. The number of nitrogens with one attached hydrogen (secondary N) is 1. The Hall–Kier alpha value is -1.90. The van der Waals surface area contributed by atoms with Gasteiger partial charge in [-0.15, -0.1) is 12.4 Å². The first-order valence-corrected chi connectivity index (χ1v) is 10.3. The van der Waals surface area contributed by atoms with Gasteiger partial charge in [-0.25, -0.2) is 17.2 Å². The molecule has 2 unspecified atom stereocenters. The van der Waals surface area contributed by atoms with Crippen molar-refractivity contribution in [3.63, 3.8) is 0 Å². The van der Waals surface area contributed by atoms with Gasteiger partial charge >= 0.3 is 0 Å². The molecule has 0 aliphatic carbocycles. The van der Waals surface area contributed by atoms with E-state index in [4.69, 9.17) is 4.74 Å². The number of hydrogen-bond donors (Lipinski definition) is 1. The van der Waals surface area contributed by atoms with E-state index in [9.17, 15) is 17.2 Å². The van der Waals surface area contributed by atoms with E-state index in [1.807, 2.05) is 4.90 Å². The molecule has 1 saturated heterocycles. The van der Waals surface area contributed by atoms with Crippen LogP contribution in [0.3, 0.4) is 0 Å². The molecule has 152 valence electrons. The van der Waals surface area contributed by atoms with Gasteiger partial charge in [0.05, 0.1) is 28.1 Å². The number of nitrogens with zero attached hydrogens (tertiary/aromatic N) is 1. The largest absolute Gasteiger partial charge is 0.490 e. The summed E-state index contributed by atoms with van der Waals surface area (Å²) in [6.07, 6.45) is -0.329. The minimum absolute atomic E-state index is 0. The van der Waals surface area contributed by atoms with Gasteiger partial charge in [0.1, 0.15) is 24.3 Å². The summed E-state index contributed by atoms with van der Waals surface area (Å²) in [5, 5.41) is 3.04. The van der Waals surface area contributed by atoms with E-state index in [1.165, 1.54) is 30.3 Å². The highest BCUT2D eigenvalue weighted by Gasteiger charge is 2.34. The van der Waals surface area contributed by atoms with Crippen molar-refractivity contribution in [2.45, 2.75) is 28.4 Å². The number of rotatable bonds is 3. The highest BCUT2D eigenvalue weighted by Crippen LogP contribution is 2.37. The maximum Gasteiger partial charge on any atom is 0.206 e. The number of benzene rings is 2. The highest BCUT2D eigenvalue weighted by molar-refractivity contribution is 7.91. The van der Waals surface area contributed by atoms with E-state index in [-0.39, 0.29) is 28.2 Å². The number of anilines is 1. The van der Waals surface area contributed by atoms with Crippen LogP contribution < -0.4 is 15.0 Å². The third-order valence-electron chi connectivity index (χ3n) is 5.02. The van der Waals surface area contributed by atoms with E-state index in [0.29, 0.717) is 37.6 Å². The first kappa shape index (κ1) is 20.8. The Kier molecular flexibility index (Phi) is 6.12. The Labute approximate surface area is 169 Å². The Morgan fingerprint density at radius 3 is 2.68 bits per heavy atom. The number of halogens is 3. The molecule has 2 aromatic rings. The molecular formula is C19H21ClF2N2O3S. The van der Waals surface area contributed by atoms with Crippen LogP contribution in [-0.2, 0) is 9.84 Å². The number of fused-ring (bicyclic) bond motifs is 1. The lowest BCUT2D eigenvalue weighted by molar-refractivity contribution is 0.208. The maximum atomic E-state index is 14.4. The lowest BCUT2D eigenvalue weighted by Gasteiger charge is -2.41. The molecule has 9 heteroatoms. The van der Waals surface area contributed by atoms with Crippen LogP contribution in [0.5, 0.6) is 5.75 Å². The second-order valence-electron chi connectivity index (χ2n) is 6.71. The summed E-state index contributed by atoms with van der Waals surface area (Å²) >= 11 is 0. The lowest BCUT2D eigenvalue weighted by Crippen LogP contribution is -2.53. The van der Waals surface area contributed by atoms with Crippen LogP contribution in [0, 0.1) is 5.82 Å². The molecule has 2 atom stereocenters. The van der Waals surface area contributed by atoms with Crippen molar-refractivity contribution in [1.82, 2.24) is 5.32 Å². The summed E-state index contributed by atoms with van der Waals surface area (Å²) in [7, 11) is -3.87. The molecule has 28 heavy (non-hydrogen) atoms. The smallest absolute Gasteiger partial charge is 0.206 e. The molecule has 0 radical (unpaired) electrons. The third-order valence-corrected chi connectivity index (χ3v) is 6.77. The fourth-order valence-electron chi connectivity index (χ4n) is 3.66. The summed E-state index contributed by atoms with van der Waals surface area (Å²) in [5.41, 5.74) is 0.689. The molecule has 2 aromatic carbocycles. The predicted molar refractivity (Wildman–Crippen MR) is 105 cm³/mol. The minimum atomic E-state index is -3.87. The first-order chi connectivity index (χ1) is 13.0. The van der Waals surface area contributed by atoms with Crippen molar-refractivity contribution in [2.75, 3.05) is 31.1 Å². The normalized spacial score (nSPS) is 22.0. The molecule has 2 aliphatic rings. The second-order valence-corrected chi connectivity index (χ2v) is 8.66. The summed E-state index contributed by atoms with van der Waals surface area (Å²) in [5.74, 6) is -0.208. The number of hydrogen-bond acceptors (Lipinski definition) is 5. The van der Waals surface area contributed by atoms with E-state index >= 15 is 0 Å². The fraction of sp³-hybridized carbons (Fsp3) is 0.368. The van der Waals surface area contributed by atoms with Gasteiger partial charge in [0, 0.05) is 12.6 Å². The molecule has 0 aromatic heterocycles.